The molecule has 174 valence electrons. The number of piperidine rings is 1. The van der Waals surface area contributed by atoms with E-state index in [-0.39, 0.29) is 11.7 Å². The first kappa shape index (κ1) is 23.0. The van der Waals surface area contributed by atoms with E-state index in [1.165, 1.54) is 0 Å². The molecule has 0 unspecified atom stereocenters. The minimum absolute atomic E-state index is 0.146. The molecule has 0 aliphatic carbocycles. The maximum absolute atomic E-state index is 13.6. The van der Waals surface area contributed by atoms with Crippen LogP contribution in [0.15, 0.2) is 55.2 Å². The summed E-state index contributed by atoms with van der Waals surface area (Å²) in [5.74, 6) is 0.386. The van der Waals surface area contributed by atoms with Gasteiger partial charge in [0.2, 0.25) is 0 Å². The lowest BCUT2D eigenvalue weighted by atomic mass is 10.0. The Balaban J connectivity index is 1.66. The molecule has 0 radical (unpaired) electrons. The third-order valence-corrected chi connectivity index (χ3v) is 5.99. The first-order chi connectivity index (χ1) is 15.8. The predicted molar refractivity (Wildman–Crippen MR) is 127 cm³/mol. The second-order valence-corrected chi connectivity index (χ2v) is 8.45. The Morgan fingerprint density at radius 2 is 1.91 bits per heavy atom. The van der Waals surface area contributed by atoms with Crippen LogP contribution in [0.5, 0.6) is 0 Å². The van der Waals surface area contributed by atoms with Gasteiger partial charge in [0.15, 0.2) is 0 Å². The Labute approximate surface area is 191 Å². The molecular weight excluding hydrogens is 427 g/mol. The van der Waals surface area contributed by atoms with E-state index in [2.05, 4.69) is 39.1 Å². The molecule has 5 nitrogen and oxygen atoms in total. The van der Waals surface area contributed by atoms with Gasteiger partial charge in [-0.05, 0) is 57.2 Å². The van der Waals surface area contributed by atoms with Gasteiger partial charge in [-0.1, -0.05) is 24.8 Å². The summed E-state index contributed by atoms with van der Waals surface area (Å²) < 4.78 is 40.8. The van der Waals surface area contributed by atoms with Gasteiger partial charge in [0.1, 0.15) is 5.82 Å². The number of hydrogen-bond donors (Lipinski definition) is 2. The normalized spacial score (nSPS) is 15.5. The van der Waals surface area contributed by atoms with Crippen LogP contribution in [0.2, 0.25) is 0 Å². The number of benzene rings is 1. The summed E-state index contributed by atoms with van der Waals surface area (Å²) in [5, 5.41) is 7.87. The number of likely N-dealkylation sites (tertiary alicyclic amines) is 1. The van der Waals surface area contributed by atoms with Crippen molar-refractivity contribution in [3.05, 3.63) is 66.6 Å². The molecule has 1 aliphatic rings. The number of nitrogens with one attached hydrogen (secondary N) is 2. The van der Waals surface area contributed by atoms with Crippen molar-refractivity contribution in [2.45, 2.75) is 31.5 Å². The molecule has 2 aromatic heterocycles. The van der Waals surface area contributed by atoms with E-state index in [1.807, 2.05) is 30.3 Å². The molecule has 4 rings (SSSR count). The largest absolute Gasteiger partial charge is 0.417 e. The Morgan fingerprint density at radius 3 is 2.61 bits per heavy atom. The summed E-state index contributed by atoms with van der Waals surface area (Å²) in [5.41, 5.74) is 0.619. The molecule has 0 amide bonds. The third-order valence-electron chi connectivity index (χ3n) is 5.99. The van der Waals surface area contributed by atoms with E-state index in [9.17, 15) is 13.2 Å². The summed E-state index contributed by atoms with van der Waals surface area (Å²) in [6, 6.07) is 13.1. The van der Waals surface area contributed by atoms with Gasteiger partial charge < -0.3 is 15.5 Å². The molecule has 3 heterocycles. The van der Waals surface area contributed by atoms with Crippen LogP contribution in [-0.2, 0) is 6.42 Å². The SMILES string of the molecule is C=C(c1nc(NCCc2ccccn2)cc2c(NC3CCN(C)CC3)cccc12)C(F)(F)F. The summed E-state index contributed by atoms with van der Waals surface area (Å²) >= 11 is 0. The molecule has 2 N–H and O–H groups in total. The van der Waals surface area contributed by atoms with Gasteiger partial charge in [-0.2, -0.15) is 13.2 Å². The molecule has 1 aliphatic heterocycles. The summed E-state index contributed by atoms with van der Waals surface area (Å²) in [6.45, 7) is 5.79. The van der Waals surface area contributed by atoms with Crippen molar-refractivity contribution in [2.24, 2.45) is 0 Å². The highest BCUT2D eigenvalue weighted by molar-refractivity contribution is 6.01. The van der Waals surface area contributed by atoms with Crippen molar-refractivity contribution in [1.29, 1.82) is 0 Å². The van der Waals surface area contributed by atoms with Crippen LogP contribution in [-0.4, -0.2) is 53.8 Å². The van der Waals surface area contributed by atoms with Crippen LogP contribution in [0.4, 0.5) is 24.7 Å². The first-order valence-electron chi connectivity index (χ1n) is 11.1. The monoisotopic (exact) mass is 455 g/mol. The zero-order valence-corrected chi connectivity index (χ0v) is 18.6. The molecule has 0 saturated carbocycles. The quantitative estimate of drug-likeness (QED) is 0.502. The standard InChI is InChI=1S/C25H28F3N5/c1-17(25(26,27)28)24-20-7-5-8-22(31-19-10-14-33(2)15-11-19)21(20)16-23(32-24)30-13-9-18-6-3-4-12-29-18/h3-8,12,16,19,31H,1,9-11,13-15H2,2H3,(H,30,32). The minimum atomic E-state index is -4.57. The number of aromatic nitrogens is 2. The van der Waals surface area contributed by atoms with E-state index in [4.69, 9.17) is 0 Å². The van der Waals surface area contributed by atoms with Crippen molar-refractivity contribution >= 4 is 27.9 Å². The van der Waals surface area contributed by atoms with Crippen molar-refractivity contribution in [1.82, 2.24) is 14.9 Å². The summed E-state index contributed by atoms with van der Waals surface area (Å²) in [7, 11) is 2.09. The van der Waals surface area contributed by atoms with Gasteiger partial charge in [-0.25, -0.2) is 4.98 Å². The molecule has 0 spiro atoms. The number of alkyl halides is 3. The Morgan fingerprint density at radius 1 is 1.12 bits per heavy atom. The molecule has 1 saturated heterocycles. The van der Waals surface area contributed by atoms with E-state index in [0.29, 0.717) is 29.6 Å². The lowest BCUT2D eigenvalue weighted by Gasteiger charge is -2.30. The Kier molecular flexibility index (Phi) is 6.83. The second-order valence-electron chi connectivity index (χ2n) is 8.45. The van der Waals surface area contributed by atoms with Crippen molar-refractivity contribution < 1.29 is 13.2 Å². The number of anilines is 2. The smallest absolute Gasteiger partial charge is 0.382 e. The first-order valence-corrected chi connectivity index (χ1v) is 11.1. The number of allylic oxidation sites excluding steroid dienone is 1. The highest BCUT2D eigenvalue weighted by atomic mass is 19.4. The lowest BCUT2D eigenvalue weighted by molar-refractivity contribution is -0.0688. The minimum Gasteiger partial charge on any atom is -0.382 e. The molecule has 0 atom stereocenters. The zero-order chi connectivity index (χ0) is 23.4. The molecule has 0 bridgehead atoms. The summed E-state index contributed by atoms with van der Waals surface area (Å²) in [6.07, 6.45) is -0.254. The number of halogens is 3. The fraction of sp³-hybridized carbons (Fsp3) is 0.360. The number of nitrogens with zero attached hydrogens (tertiary/aromatic N) is 3. The number of hydrogen-bond acceptors (Lipinski definition) is 5. The van der Waals surface area contributed by atoms with Crippen molar-refractivity contribution in [3.8, 4) is 0 Å². The van der Waals surface area contributed by atoms with Crippen LogP contribution < -0.4 is 10.6 Å². The average molecular weight is 456 g/mol. The molecular formula is C25H28F3N5. The van der Waals surface area contributed by atoms with Crippen LogP contribution >= 0.6 is 0 Å². The zero-order valence-electron chi connectivity index (χ0n) is 18.6. The maximum atomic E-state index is 13.6. The van der Waals surface area contributed by atoms with Crippen LogP contribution in [0.25, 0.3) is 16.3 Å². The van der Waals surface area contributed by atoms with Gasteiger partial charge in [-0.15, -0.1) is 0 Å². The van der Waals surface area contributed by atoms with E-state index in [1.54, 1.807) is 18.3 Å². The molecule has 1 aromatic carbocycles. The van der Waals surface area contributed by atoms with Gasteiger partial charge in [-0.3, -0.25) is 4.98 Å². The fourth-order valence-corrected chi connectivity index (χ4v) is 4.10. The predicted octanol–water partition coefficient (Wildman–Crippen LogP) is 5.37. The van der Waals surface area contributed by atoms with Crippen LogP contribution in [0.3, 0.4) is 0 Å². The highest BCUT2D eigenvalue weighted by Crippen LogP contribution is 2.38. The fourth-order valence-electron chi connectivity index (χ4n) is 4.10. The van der Waals surface area contributed by atoms with Crippen molar-refractivity contribution in [3.63, 3.8) is 0 Å². The topological polar surface area (TPSA) is 53.1 Å². The Bertz CT molecular complexity index is 1110. The summed E-state index contributed by atoms with van der Waals surface area (Å²) in [4.78, 5) is 10.9. The van der Waals surface area contributed by atoms with Crippen LogP contribution in [0.1, 0.15) is 24.2 Å². The molecule has 33 heavy (non-hydrogen) atoms. The maximum Gasteiger partial charge on any atom is 0.417 e. The molecule has 8 heteroatoms. The number of rotatable bonds is 7. The highest BCUT2D eigenvalue weighted by Gasteiger charge is 2.35. The third kappa shape index (κ3) is 5.63. The van der Waals surface area contributed by atoms with Crippen LogP contribution in [0, 0.1) is 0 Å². The van der Waals surface area contributed by atoms with Crippen molar-refractivity contribution in [2.75, 3.05) is 37.3 Å². The Hall–Kier alpha value is -3.13. The molecule has 3 aromatic rings. The molecule has 1 fully saturated rings. The van der Waals surface area contributed by atoms with Gasteiger partial charge in [0.05, 0.1) is 11.3 Å². The lowest BCUT2D eigenvalue weighted by Crippen LogP contribution is -2.36. The second kappa shape index (κ2) is 9.79. The average Bonchev–Trinajstić information content (AvgIpc) is 2.80. The van der Waals surface area contributed by atoms with Gasteiger partial charge in [0.25, 0.3) is 0 Å². The van der Waals surface area contributed by atoms with E-state index in [0.717, 1.165) is 37.3 Å². The van der Waals surface area contributed by atoms with E-state index < -0.39 is 11.7 Å². The number of pyridine rings is 2. The number of fused-ring (bicyclic) bond motifs is 1. The van der Waals surface area contributed by atoms with E-state index >= 15 is 0 Å². The van der Waals surface area contributed by atoms with Gasteiger partial charge in [0, 0.05) is 47.4 Å². The van der Waals surface area contributed by atoms with Gasteiger partial charge >= 0.3 is 6.18 Å².